The van der Waals surface area contributed by atoms with Crippen LogP contribution in [0.15, 0.2) is 36.7 Å². The van der Waals surface area contributed by atoms with Gasteiger partial charge in [0.05, 0.1) is 30.5 Å². The predicted octanol–water partition coefficient (Wildman–Crippen LogP) is 1.75. The number of nitro groups is 1. The van der Waals surface area contributed by atoms with Gasteiger partial charge in [-0.1, -0.05) is 12.1 Å². The fourth-order valence-corrected chi connectivity index (χ4v) is 3.75. The topological polar surface area (TPSA) is 103 Å². The van der Waals surface area contributed by atoms with Crippen molar-refractivity contribution in [2.45, 2.75) is 19.1 Å². The number of rotatable bonds is 9. The lowest BCUT2D eigenvalue weighted by atomic mass is 10.2. The second-order valence-electron chi connectivity index (χ2n) is 7.69. The van der Waals surface area contributed by atoms with E-state index in [1.807, 2.05) is 0 Å². The molecular formula is C21H27N5O5. The number of benzene rings is 1. The molecule has 2 fully saturated rings. The van der Waals surface area contributed by atoms with E-state index in [1.165, 1.54) is 0 Å². The van der Waals surface area contributed by atoms with Crippen LogP contribution in [0.5, 0.6) is 11.8 Å². The maximum Gasteiger partial charge on any atom is 0.269 e. The average molecular weight is 429 g/mol. The highest BCUT2D eigenvalue weighted by atomic mass is 16.6. The quantitative estimate of drug-likeness (QED) is 0.436. The van der Waals surface area contributed by atoms with Crippen molar-refractivity contribution in [1.29, 1.82) is 0 Å². The summed E-state index contributed by atoms with van der Waals surface area (Å²) in [5.74, 6) is 0.928. The number of nitro benzene ring substituents is 1. The van der Waals surface area contributed by atoms with E-state index in [2.05, 4.69) is 19.8 Å². The average Bonchev–Trinajstić information content (AvgIpc) is 3.22. The molecule has 4 rings (SSSR count). The van der Waals surface area contributed by atoms with Crippen LogP contribution in [0.4, 0.5) is 5.69 Å². The van der Waals surface area contributed by atoms with E-state index in [1.54, 1.807) is 36.7 Å². The third kappa shape index (κ3) is 6.33. The molecule has 0 aliphatic carbocycles. The van der Waals surface area contributed by atoms with E-state index in [-0.39, 0.29) is 16.7 Å². The molecule has 1 atom stereocenters. The first-order valence-electron chi connectivity index (χ1n) is 10.5. The molecule has 0 saturated carbocycles. The van der Waals surface area contributed by atoms with Crippen molar-refractivity contribution in [2.75, 3.05) is 52.5 Å². The summed E-state index contributed by atoms with van der Waals surface area (Å²) in [6.45, 7) is 7.16. The molecule has 0 radical (unpaired) electrons. The lowest BCUT2D eigenvalue weighted by Crippen LogP contribution is -2.38. The molecule has 10 nitrogen and oxygen atoms in total. The maximum absolute atomic E-state index is 10.8. The normalized spacial score (nSPS) is 19.9. The van der Waals surface area contributed by atoms with E-state index < -0.39 is 0 Å². The van der Waals surface area contributed by atoms with Crippen molar-refractivity contribution in [3.63, 3.8) is 0 Å². The molecular weight excluding hydrogens is 402 g/mol. The van der Waals surface area contributed by atoms with Gasteiger partial charge in [-0.15, -0.1) is 0 Å². The van der Waals surface area contributed by atoms with Gasteiger partial charge in [-0.3, -0.25) is 24.9 Å². The lowest BCUT2D eigenvalue weighted by Gasteiger charge is -2.26. The highest BCUT2D eigenvalue weighted by molar-refractivity contribution is 5.32. The van der Waals surface area contributed by atoms with Crippen LogP contribution in [0, 0.1) is 10.1 Å². The van der Waals surface area contributed by atoms with Gasteiger partial charge in [0, 0.05) is 51.4 Å². The van der Waals surface area contributed by atoms with Gasteiger partial charge in [0.25, 0.3) is 5.69 Å². The van der Waals surface area contributed by atoms with Crippen molar-refractivity contribution in [3.05, 3.63) is 52.3 Å². The zero-order valence-corrected chi connectivity index (χ0v) is 17.4. The van der Waals surface area contributed by atoms with Gasteiger partial charge >= 0.3 is 0 Å². The molecule has 2 aliphatic rings. The third-order valence-electron chi connectivity index (χ3n) is 5.42. The van der Waals surface area contributed by atoms with Crippen molar-refractivity contribution >= 4 is 5.69 Å². The first kappa shape index (κ1) is 21.4. The molecule has 0 amide bonds. The van der Waals surface area contributed by atoms with Gasteiger partial charge < -0.3 is 14.2 Å². The van der Waals surface area contributed by atoms with E-state index >= 15 is 0 Å². The number of non-ortho nitro benzene ring substituents is 1. The number of hydrogen-bond acceptors (Lipinski definition) is 9. The molecule has 0 spiro atoms. The van der Waals surface area contributed by atoms with Gasteiger partial charge in [-0.2, -0.15) is 4.98 Å². The summed E-state index contributed by atoms with van der Waals surface area (Å²) in [6, 6.07) is 6.68. The van der Waals surface area contributed by atoms with Crippen LogP contribution >= 0.6 is 0 Å². The Morgan fingerprint density at radius 1 is 1.10 bits per heavy atom. The molecule has 3 heterocycles. The summed E-state index contributed by atoms with van der Waals surface area (Å²) >= 11 is 0. The molecule has 10 heteroatoms. The van der Waals surface area contributed by atoms with Crippen molar-refractivity contribution in [2.24, 2.45) is 0 Å². The Kier molecular flexibility index (Phi) is 7.23. The van der Waals surface area contributed by atoms with E-state index in [9.17, 15) is 10.1 Å². The summed E-state index contributed by atoms with van der Waals surface area (Å²) in [7, 11) is 0. The zero-order valence-electron chi connectivity index (χ0n) is 17.4. The van der Waals surface area contributed by atoms with Crippen LogP contribution in [0.3, 0.4) is 0 Å². The van der Waals surface area contributed by atoms with Gasteiger partial charge in [-0.05, 0) is 12.0 Å². The van der Waals surface area contributed by atoms with Crippen LogP contribution in [0.25, 0.3) is 0 Å². The number of ether oxygens (including phenoxy) is 3. The molecule has 2 aromatic rings. The Balaban J connectivity index is 1.22. The predicted molar refractivity (Wildman–Crippen MR) is 112 cm³/mol. The first-order chi connectivity index (χ1) is 15.2. The summed E-state index contributed by atoms with van der Waals surface area (Å²) in [5.41, 5.74) is 1.15. The highest BCUT2D eigenvalue weighted by Gasteiger charge is 2.24. The number of likely N-dealkylation sites (tertiary alicyclic amines) is 1. The largest absolute Gasteiger partial charge is 0.475 e. The SMILES string of the molecule is O=[N+]([O-])c1ccc(CN2CCC(Oc3cncc(OCCN4CCOCC4)n3)C2)cc1. The van der Waals surface area contributed by atoms with Crippen LogP contribution in [-0.2, 0) is 11.3 Å². The fraction of sp³-hybridized carbons (Fsp3) is 0.524. The molecule has 2 saturated heterocycles. The summed E-state index contributed by atoms with van der Waals surface area (Å²) in [4.78, 5) is 23.6. The number of morpholine rings is 1. The molecule has 0 bridgehead atoms. The Morgan fingerprint density at radius 2 is 1.87 bits per heavy atom. The smallest absolute Gasteiger partial charge is 0.269 e. The number of nitrogens with zero attached hydrogens (tertiary/aromatic N) is 5. The van der Waals surface area contributed by atoms with Gasteiger partial charge in [0.2, 0.25) is 11.8 Å². The van der Waals surface area contributed by atoms with Crippen LogP contribution in [0.1, 0.15) is 12.0 Å². The Hall–Kier alpha value is -2.82. The maximum atomic E-state index is 10.8. The molecule has 1 unspecified atom stereocenters. The molecule has 1 aromatic heterocycles. The Bertz CT molecular complexity index is 859. The van der Waals surface area contributed by atoms with Gasteiger partial charge in [0.15, 0.2) is 0 Å². The first-order valence-corrected chi connectivity index (χ1v) is 10.5. The summed E-state index contributed by atoms with van der Waals surface area (Å²) in [5, 5.41) is 10.8. The van der Waals surface area contributed by atoms with E-state index in [0.29, 0.717) is 18.4 Å². The molecule has 0 N–H and O–H groups in total. The summed E-state index contributed by atoms with van der Waals surface area (Å²) in [6.07, 6.45) is 4.11. The fourth-order valence-electron chi connectivity index (χ4n) is 3.75. The second kappa shape index (κ2) is 10.5. The van der Waals surface area contributed by atoms with Crippen LogP contribution in [0.2, 0.25) is 0 Å². The number of hydrogen-bond donors (Lipinski definition) is 0. The van der Waals surface area contributed by atoms with Crippen LogP contribution in [-0.4, -0.2) is 83.3 Å². The summed E-state index contributed by atoms with van der Waals surface area (Å²) < 4.78 is 17.1. The van der Waals surface area contributed by atoms with E-state index in [0.717, 1.165) is 64.5 Å². The van der Waals surface area contributed by atoms with E-state index in [4.69, 9.17) is 14.2 Å². The lowest BCUT2D eigenvalue weighted by molar-refractivity contribution is -0.384. The molecule has 1 aromatic carbocycles. The van der Waals surface area contributed by atoms with Crippen LogP contribution < -0.4 is 9.47 Å². The minimum absolute atomic E-state index is 0.0240. The highest BCUT2D eigenvalue weighted by Crippen LogP contribution is 2.20. The zero-order chi connectivity index (χ0) is 21.5. The Morgan fingerprint density at radius 3 is 2.65 bits per heavy atom. The van der Waals surface area contributed by atoms with Gasteiger partial charge in [0.1, 0.15) is 12.7 Å². The van der Waals surface area contributed by atoms with Crippen molar-refractivity contribution < 1.29 is 19.1 Å². The molecule has 166 valence electrons. The third-order valence-corrected chi connectivity index (χ3v) is 5.42. The number of aromatic nitrogens is 2. The van der Waals surface area contributed by atoms with Gasteiger partial charge in [-0.25, -0.2) is 0 Å². The molecule has 31 heavy (non-hydrogen) atoms. The standard InChI is InChI=1S/C21H27N5O5/c27-26(28)18-3-1-17(2-4-18)15-25-6-5-19(16-25)31-21-14-22-13-20(23-21)30-12-9-24-7-10-29-11-8-24/h1-4,13-14,19H,5-12,15-16H2. The Labute approximate surface area is 180 Å². The second-order valence-corrected chi connectivity index (χ2v) is 7.69. The van der Waals surface area contributed by atoms with Crippen molar-refractivity contribution in [1.82, 2.24) is 19.8 Å². The minimum atomic E-state index is -0.384. The molecule has 2 aliphatic heterocycles. The van der Waals surface area contributed by atoms with Crippen molar-refractivity contribution in [3.8, 4) is 11.8 Å². The monoisotopic (exact) mass is 429 g/mol. The minimum Gasteiger partial charge on any atom is -0.475 e.